The summed E-state index contributed by atoms with van der Waals surface area (Å²) in [6.45, 7) is 0. The third-order valence-electron chi connectivity index (χ3n) is 3.57. The minimum Gasteiger partial charge on any atom is -0.456 e. The number of amides is 1. The Morgan fingerprint density at radius 3 is 2.56 bits per heavy atom. The Morgan fingerprint density at radius 1 is 1.04 bits per heavy atom. The molecule has 0 saturated heterocycles. The van der Waals surface area contributed by atoms with E-state index in [1.807, 2.05) is 24.3 Å². The molecule has 0 aliphatic rings. The zero-order chi connectivity index (χ0) is 17.5. The molecule has 1 amide bonds. The summed E-state index contributed by atoms with van der Waals surface area (Å²) in [7, 11) is 0. The SMILES string of the molecule is O=C(CCc1cccnc1)Nc1ccc(Oc2ccccc2Cl)cc1. The second-order valence-corrected chi connectivity index (χ2v) is 5.87. The van der Waals surface area contributed by atoms with Crippen molar-refractivity contribution in [1.82, 2.24) is 4.98 Å². The molecule has 0 atom stereocenters. The maximum Gasteiger partial charge on any atom is 0.224 e. The first-order chi connectivity index (χ1) is 12.2. The third kappa shape index (κ3) is 5.06. The van der Waals surface area contributed by atoms with E-state index in [-0.39, 0.29) is 5.91 Å². The lowest BCUT2D eigenvalue weighted by molar-refractivity contribution is -0.116. The summed E-state index contributed by atoms with van der Waals surface area (Å²) in [5.74, 6) is 1.21. The molecule has 0 spiro atoms. The van der Waals surface area contributed by atoms with Crippen LogP contribution >= 0.6 is 11.6 Å². The van der Waals surface area contributed by atoms with Gasteiger partial charge in [-0.05, 0) is 54.4 Å². The van der Waals surface area contributed by atoms with E-state index in [4.69, 9.17) is 16.3 Å². The van der Waals surface area contributed by atoms with Crippen LogP contribution in [0.15, 0.2) is 73.1 Å². The van der Waals surface area contributed by atoms with Crippen LogP contribution in [0.25, 0.3) is 0 Å². The molecular weight excluding hydrogens is 336 g/mol. The van der Waals surface area contributed by atoms with E-state index in [1.165, 1.54) is 0 Å². The second kappa shape index (κ2) is 8.31. The fraction of sp³-hybridized carbons (Fsp3) is 0.100. The molecular formula is C20H17ClN2O2. The molecule has 2 aromatic carbocycles. The number of anilines is 1. The van der Waals surface area contributed by atoms with E-state index in [2.05, 4.69) is 10.3 Å². The highest BCUT2D eigenvalue weighted by Crippen LogP contribution is 2.29. The van der Waals surface area contributed by atoms with Gasteiger partial charge in [-0.15, -0.1) is 0 Å². The average Bonchev–Trinajstić information content (AvgIpc) is 2.64. The minimum atomic E-state index is -0.0383. The van der Waals surface area contributed by atoms with Gasteiger partial charge in [-0.1, -0.05) is 29.8 Å². The molecule has 1 heterocycles. The zero-order valence-electron chi connectivity index (χ0n) is 13.5. The Labute approximate surface area is 151 Å². The molecule has 3 aromatic rings. The molecule has 0 fully saturated rings. The summed E-state index contributed by atoms with van der Waals surface area (Å²) in [5, 5.41) is 3.42. The lowest BCUT2D eigenvalue weighted by Gasteiger charge is -2.09. The number of hydrogen-bond donors (Lipinski definition) is 1. The number of pyridine rings is 1. The fourth-order valence-corrected chi connectivity index (χ4v) is 2.46. The molecule has 0 aliphatic heterocycles. The monoisotopic (exact) mass is 352 g/mol. The largest absolute Gasteiger partial charge is 0.456 e. The molecule has 5 heteroatoms. The molecule has 0 bridgehead atoms. The van der Waals surface area contributed by atoms with Crippen LogP contribution in [0.4, 0.5) is 5.69 Å². The number of carbonyl (C=O) groups excluding carboxylic acids is 1. The molecule has 1 N–H and O–H groups in total. The first-order valence-corrected chi connectivity index (χ1v) is 8.30. The summed E-state index contributed by atoms with van der Waals surface area (Å²) >= 11 is 6.07. The van der Waals surface area contributed by atoms with Crippen LogP contribution < -0.4 is 10.1 Å². The predicted molar refractivity (Wildman–Crippen MR) is 99.2 cm³/mol. The summed E-state index contributed by atoms with van der Waals surface area (Å²) in [4.78, 5) is 16.1. The van der Waals surface area contributed by atoms with Crippen LogP contribution in [0.5, 0.6) is 11.5 Å². The van der Waals surface area contributed by atoms with Gasteiger partial charge in [-0.2, -0.15) is 0 Å². The molecule has 0 aliphatic carbocycles. The van der Waals surface area contributed by atoms with E-state index in [1.54, 1.807) is 48.8 Å². The van der Waals surface area contributed by atoms with Crippen molar-refractivity contribution in [2.45, 2.75) is 12.8 Å². The molecule has 25 heavy (non-hydrogen) atoms. The van der Waals surface area contributed by atoms with Gasteiger partial charge in [0.25, 0.3) is 0 Å². The van der Waals surface area contributed by atoms with E-state index in [9.17, 15) is 4.79 Å². The van der Waals surface area contributed by atoms with Crippen LogP contribution in [0.2, 0.25) is 5.02 Å². The molecule has 1 aromatic heterocycles. The van der Waals surface area contributed by atoms with Gasteiger partial charge in [0.05, 0.1) is 5.02 Å². The van der Waals surface area contributed by atoms with Crippen molar-refractivity contribution < 1.29 is 9.53 Å². The standard InChI is InChI=1S/C20H17ClN2O2/c21-18-5-1-2-6-19(18)25-17-10-8-16(9-11-17)23-20(24)12-7-15-4-3-13-22-14-15/h1-6,8-11,13-14H,7,12H2,(H,23,24). The van der Waals surface area contributed by atoms with Crippen molar-refractivity contribution >= 4 is 23.2 Å². The Hall–Kier alpha value is -2.85. The number of carbonyl (C=O) groups is 1. The normalized spacial score (nSPS) is 10.3. The van der Waals surface area contributed by atoms with Gasteiger partial charge in [0.15, 0.2) is 0 Å². The first-order valence-electron chi connectivity index (χ1n) is 7.92. The highest BCUT2D eigenvalue weighted by atomic mass is 35.5. The maximum absolute atomic E-state index is 12.0. The van der Waals surface area contributed by atoms with Crippen molar-refractivity contribution in [2.24, 2.45) is 0 Å². The number of nitrogens with zero attached hydrogens (tertiary/aromatic N) is 1. The summed E-state index contributed by atoms with van der Waals surface area (Å²) in [6.07, 6.45) is 4.56. The van der Waals surface area contributed by atoms with E-state index in [0.29, 0.717) is 29.4 Å². The third-order valence-corrected chi connectivity index (χ3v) is 3.88. The van der Waals surface area contributed by atoms with Gasteiger partial charge >= 0.3 is 0 Å². The number of ether oxygens (including phenoxy) is 1. The van der Waals surface area contributed by atoms with E-state index in [0.717, 1.165) is 11.3 Å². The topological polar surface area (TPSA) is 51.2 Å². The van der Waals surface area contributed by atoms with Gasteiger partial charge in [-0.25, -0.2) is 0 Å². The summed E-state index contributed by atoms with van der Waals surface area (Å²) < 4.78 is 5.72. The number of halogens is 1. The lowest BCUT2D eigenvalue weighted by atomic mass is 10.1. The predicted octanol–water partition coefficient (Wildman–Crippen LogP) is 5.10. The zero-order valence-corrected chi connectivity index (χ0v) is 14.2. The van der Waals surface area contributed by atoms with Crippen LogP contribution in [0, 0.1) is 0 Å². The van der Waals surface area contributed by atoms with Crippen molar-refractivity contribution in [3.8, 4) is 11.5 Å². The quantitative estimate of drug-likeness (QED) is 0.671. The van der Waals surface area contributed by atoms with Crippen LogP contribution in [0.3, 0.4) is 0 Å². The first kappa shape index (κ1) is 17.0. The van der Waals surface area contributed by atoms with Gasteiger partial charge in [0.1, 0.15) is 11.5 Å². The molecule has 4 nitrogen and oxygen atoms in total. The van der Waals surface area contributed by atoms with Crippen molar-refractivity contribution in [3.63, 3.8) is 0 Å². The van der Waals surface area contributed by atoms with Gasteiger partial charge in [-0.3, -0.25) is 9.78 Å². The molecule has 0 saturated carbocycles. The molecule has 0 radical (unpaired) electrons. The van der Waals surface area contributed by atoms with E-state index >= 15 is 0 Å². The van der Waals surface area contributed by atoms with Crippen molar-refractivity contribution in [2.75, 3.05) is 5.32 Å². The Kier molecular flexibility index (Phi) is 5.65. The van der Waals surface area contributed by atoms with E-state index < -0.39 is 0 Å². The number of aromatic nitrogens is 1. The maximum atomic E-state index is 12.0. The molecule has 3 rings (SSSR count). The van der Waals surface area contributed by atoms with Gasteiger partial charge in [0.2, 0.25) is 5.91 Å². The summed E-state index contributed by atoms with van der Waals surface area (Å²) in [6, 6.07) is 18.3. The fourth-order valence-electron chi connectivity index (χ4n) is 2.29. The van der Waals surface area contributed by atoms with Crippen LogP contribution in [-0.2, 0) is 11.2 Å². The van der Waals surface area contributed by atoms with Gasteiger partial charge in [0, 0.05) is 24.5 Å². The molecule has 0 unspecified atom stereocenters. The number of aryl methyl sites for hydroxylation is 1. The number of benzene rings is 2. The number of rotatable bonds is 6. The molecule has 126 valence electrons. The Bertz CT molecular complexity index is 836. The van der Waals surface area contributed by atoms with Crippen molar-refractivity contribution in [1.29, 1.82) is 0 Å². The van der Waals surface area contributed by atoms with Crippen LogP contribution in [0.1, 0.15) is 12.0 Å². The highest BCUT2D eigenvalue weighted by molar-refractivity contribution is 6.32. The average molecular weight is 353 g/mol. The smallest absolute Gasteiger partial charge is 0.224 e. The number of para-hydroxylation sites is 1. The Morgan fingerprint density at radius 2 is 1.84 bits per heavy atom. The Balaban J connectivity index is 1.53. The van der Waals surface area contributed by atoms with Crippen molar-refractivity contribution in [3.05, 3.63) is 83.6 Å². The summed E-state index contributed by atoms with van der Waals surface area (Å²) in [5.41, 5.74) is 1.77. The highest BCUT2D eigenvalue weighted by Gasteiger charge is 2.05. The number of nitrogens with one attached hydrogen (secondary N) is 1. The number of hydrogen-bond acceptors (Lipinski definition) is 3. The second-order valence-electron chi connectivity index (χ2n) is 5.47. The lowest BCUT2D eigenvalue weighted by Crippen LogP contribution is -2.12. The minimum absolute atomic E-state index is 0.0383. The van der Waals surface area contributed by atoms with Crippen LogP contribution in [-0.4, -0.2) is 10.9 Å². The van der Waals surface area contributed by atoms with Gasteiger partial charge < -0.3 is 10.1 Å².